The van der Waals surface area contributed by atoms with Crippen LogP contribution < -0.4 is 4.74 Å². The predicted molar refractivity (Wildman–Crippen MR) is 57.8 cm³/mol. The van der Waals surface area contributed by atoms with E-state index >= 15 is 0 Å². The molecule has 0 radical (unpaired) electrons. The summed E-state index contributed by atoms with van der Waals surface area (Å²) in [6.45, 7) is 1.29. The maximum absolute atomic E-state index is 12.9. The third-order valence-electron chi connectivity index (χ3n) is 2.28. The quantitative estimate of drug-likeness (QED) is 0.651. The van der Waals surface area contributed by atoms with Crippen molar-refractivity contribution in [3.05, 3.63) is 29.6 Å². The normalized spacial score (nSPS) is 13.4. The van der Waals surface area contributed by atoms with Gasteiger partial charge in [-0.05, 0) is 31.5 Å². The highest BCUT2D eigenvalue weighted by Gasteiger charge is 2.26. The zero-order chi connectivity index (χ0) is 13.8. The number of hydrogen-bond acceptors (Lipinski definition) is 2. The van der Waals surface area contributed by atoms with Crippen LogP contribution in [0.25, 0.3) is 0 Å². The number of benzene rings is 1. The van der Waals surface area contributed by atoms with Gasteiger partial charge in [0.2, 0.25) is 0 Å². The Bertz CT molecular complexity index is 388. The lowest BCUT2D eigenvalue weighted by Crippen LogP contribution is -2.10. The minimum Gasteiger partial charge on any atom is -0.493 e. The van der Waals surface area contributed by atoms with Gasteiger partial charge in [0.1, 0.15) is 11.6 Å². The second-order valence-corrected chi connectivity index (χ2v) is 3.93. The van der Waals surface area contributed by atoms with Gasteiger partial charge in [0.15, 0.2) is 0 Å². The van der Waals surface area contributed by atoms with Gasteiger partial charge in [-0.1, -0.05) is 0 Å². The highest BCUT2D eigenvalue weighted by atomic mass is 19.4. The van der Waals surface area contributed by atoms with E-state index in [0.717, 1.165) is 12.1 Å². The molecule has 0 fully saturated rings. The van der Waals surface area contributed by atoms with E-state index in [0.29, 0.717) is 0 Å². The molecule has 6 heteroatoms. The topological polar surface area (TPSA) is 29.5 Å². The Kier molecular flexibility index (Phi) is 4.95. The maximum Gasteiger partial charge on any atom is 0.389 e. The molecule has 0 aliphatic carbocycles. The van der Waals surface area contributed by atoms with Crippen LogP contribution in [-0.4, -0.2) is 17.9 Å². The first kappa shape index (κ1) is 14.8. The molecule has 1 rings (SSSR count). The summed E-state index contributed by atoms with van der Waals surface area (Å²) >= 11 is 0. The molecular weight excluding hydrogens is 252 g/mol. The summed E-state index contributed by atoms with van der Waals surface area (Å²) in [7, 11) is 0. The first-order chi connectivity index (χ1) is 8.29. The van der Waals surface area contributed by atoms with E-state index in [1.165, 1.54) is 13.0 Å². The molecule has 0 amide bonds. The fourth-order valence-corrected chi connectivity index (χ4v) is 1.43. The van der Waals surface area contributed by atoms with Gasteiger partial charge in [-0.15, -0.1) is 0 Å². The van der Waals surface area contributed by atoms with E-state index in [1.807, 2.05) is 0 Å². The molecule has 1 N–H and O–H groups in total. The molecule has 0 bridgehead atoms. The molecule has 102 valence electrons. The average molecular weight is 266 g/mol. The van der Waals surface area contributed by atoms with Crippen LogP contribution in [0, 0.1) is 5.82 Å². The second kappa shape index (κ2) is 6.04. The van der Waals surface area contributed by atoms with Crippen molar-refractivity contribution in [3.63, 3.8) is 0 Å². The highest BCUT2D eigenvalue weighted by Crippen LogP contribution is 2.27. The molecule has 1 aromatic carbocycles. The number of alkyl halides is 3. The molecule has 1 atom stereocenters. The van der Waals surface area contributed by atoms with Crippen LogP contribution >= 0.6 is 0 Å². The minimum atomic E-state index is -4.21. The van der Waals surface area contributed by atoms with Gasteiger partial charge < -0.3 is 9.84 Å². The van der Waals surface area contributed by atoms with Gasteiger partial charge in [-0.25, -0.2) is 4.39 Å². The van der Waals surface area contributed by atoms with E-state index in [4.69, 9.17) is 4.74 Å². The second-order valence-electron chi connectivity index (χ2n) is 3.93. The van der Waals surface area contributed by atoms with Crippen LogP contribution in [0.4, 0.5) is 17.6 Å². The number of hydrogen-bond donors (Lipinski definition) is 1. The summed E-state index contributed by atoms with van der Waals surface area (Å²) in [4.78, 5) is 0. The van der Waals surface area contributed by atoms with Gasteiger partial charge >= 0.3 is 6.18 Å². The Morgan fingerprint density at radius 2 is 2.00 bits per heavy atom. The lowest BCUT2D eigenvalue weighted by Gasteiger charge is -2.14. The van der Waals surface area contributed by atoms with E-state index < -0.39 is 24.5 Å². The van der Waals surface area contributed by atoms with Crippen LogP contribution in [0.1, 0.15) is 31.4 Å². The molecule has 2 nitrogen and oxygen atoms in total. The van der Waals surface area contributed by atoms with Crippen molar-refractivity contribution in [1.82, 2.24) is 0 Å². The number of halogens is 4. The summed E-state index contributed by atoms with van der Waals surface area (Å²) in [6.07, 6.45) is -6.27. The van der Waals surface area contributed by atoms with Crippen LogP contribution in [0.3, 0.4) is 0 Å². The Morgan fingerprint density at radius 1 is 1.33 bits per heavy atom. The fourth-order valence-electron chi connectivity index (χ4n) is 1.43. The molecule has 0 aromatic heterocycles. The fraction of sp³-hybridized carbons (Fsp3) is 0.500. The SMILES string of the molecule is C[C@@H](O)c1cc(F)ccc1OCCCC(F)(F)F. The Hall–Kier alpha value is -1.30. The molecule has 0 saturated carbocycles. The average Bonchev–Trinajstić information content (AvgIpc) is 2.24. The van der Waals surface area contributed by atoms with Crippen molar-refractivity contribution in [3.8, 4) is 5.75 Å². The molecule has 0 unspecified atom stereocenters. The third-order valence-corrected chi connectivity index (χ3v) is 2.28. The number of aliphatic hydroxyl groups is 1. The van der Waals surface area contributed by atoms with E-state index in [2.05, 4.69) is 0 Å². The molecule has 1 aromatic rings. The van der Waals surface area contributed by atoms with Gasteiger partial charge in [0.05, 0.1) is 12.7 Å². The van der Waals surface area contributed by atoms with Crippen molar-refractivity contribution in [2.75, 3.05) is 6.61 Å². The minimum absolute atomic E-state index is 0.134. The van der Waals surface area contributed by atoms with Gasteiger partial charge in [-0.2, -0.15) is 13.2 Å². The largest absolute Gasteiger partial charge is 0.493 e. The van der Waals surface area contributed by atoms with Crippen molar-refractivity contribution < 1.29 is 27.4 Å². The van der Waals surface area contributed by atoms with Crippen molar-refractivity contribution in [2.45, 2.75) is 32.0 Å². The molecule has 0 heterocycles. The summed E-state index contributed by atoms with van der Waals surface area (Å²) in [5, 5.41) is 9.39. The van der Waals surface area contributed by atoms with Crippen LogP contribution in [0.15, 0.2) is 18.2 Å². The van der Waals surface area contributed by atoms with E-state index in [-0.39, 0.29) is 24.3 Å². The Morgan fingerprint density at radius 3 is 2.56 bits per heavy atom. The zero-order valence-corrected chi connectivity index (χ0v) is 9.80. The van der Waals surface area contributed by atoms with Crippen LogP contribution in [0.5, 0.6) is 5.75 Å². The van der Waals surface area contributed by atoms with Crippen molar-refractivity contribution in [2.24, 2.45) is 0 Å². The first-order valence-corrected chi connectivity index (χ1v) is 5.46. The third kappa shape index (κ3) is 4.91. The number of aliphatic hydroxyl groups excluding tert-OH is 1. The number of rotatable bonds is 5. The maximum atomic E-state index is 12.9. The molecule has 0 spiro atoms. The Balaban J connectivity index is 2.57. The van der Waals surface area contributed by atoms with Gasteiger partial charge in [-0.3, -0.25) is 0 Å². The zero-order valence-electron chi connectivity index (χ0n) is 9.80. The summed E-state index contributed by atoms with van der Waals surface area (Å²) in [5.41, 5.74) is 0.224. The molecule has 0 aliphatic heterocycles. The first-order valence-electron chi connectivity index (χ1n) is 5.46. The smallest absolute Gasteiger partial charge is 0.389 e. The Labute approximate surface area is 102 Å². The van der Waals surface area contributed by atoms with Gasteiger partial charge in [0, 0.05) is 12.0 Å². The van der Waals surface area contributed by atoms with E-state index in [9.17, 15) is 22.7 Å². The summed E-state index contributed by atoms with van der Waals surface area (Å²) in [6, 6.07) is 3.53. The predicted octanol–water partition coefficient (Wildman–Crippen LogP) is 3.60. The molecule has 18 heavy (non-hydrogen) atoms. The van der Waals surface area contributed by atoms with Crippen molar-refractivity contribution in [1.29, 1.82) is 0 Å². The molecule has 0 saturated heterocycles. The van der Waals surface area contributed by atoms with Crippen LogP contribution in [0.2, 0.25) is 0 Å². The van der Waals surface area contributed by atoms with Crippen LogP contribution in [-0.2, 0) is 0 Å². The monoisotopic (exact) mass is 266 g/mol. The van der Waals surface area contributed by atoms with Crippen molar-refractivity contribution >= 4 is 0 Å². The molecular formula is C12H14F4O2. The van der Waals surface area contributed by atoms with E-state index in [1.54, 1.807) is 0 Å². The number of ether oxygens (including phenoxy) is 1. The lowest BCUT2D eigenvalue weighted by atomic mass is 10.1. The summed E-state index contributed by atoms with van der Waals surface area (Å²) in [5.74, 6) is -0.331. The standard InChI is InChI=1S/C12H14F4O2/c1-8(17)10-7-9(13)3-4-11(10)18-6-2-5-12(14,15)16/h3-4,7-8,17H,2,5-6H2,1H3/t8-/m1/s1. The molecule has 0 aliphatic rings. The lowest BCUT2D eigenvalue weighted by molar-refractivity contribution is -0.136. The van der Waals surface area contributed by atoms with Gasteiger partial charge in [0.25, 0.3) is 0 Å². The summed E-state index contributed by atoms with van der Waals surface area (Å²) < 4.78 is 53.7. The highest BCUT2D eigenvalue weighted by molar-refractivity contribution is 5.35.